The number of pyridine rings is 1. The van der Waals surface area contributed by atoms with Crippen molar-refractivity contribution < 1.29 is 18.6 Å². The highest BCUT2D eigenvalue weighted by Gasteiger charge is 2.09. The molecule has 3 N–H and O–H groups in total. The Hall–Kier alpha value is -2.74. The minimum absolute atomic E-state index is 0.0500. The summed E-state index contributed by atoms with van der Waals surface area (Å²) in [7, 11) is 0. The summed E-state index contributed by atoms with van der Waals surface area (Å²) in [4.78, 5) is 8.63. The van der Waals surface area contributed by atoms with Crippen LogP contribution in [0.3, 0.4) is 0 Å². The van der Waals surface area contributed by atoms with Crippen molar-refractivity contribution in [1.29, 1.82) is 0 Å². The first-order valence-corrected chi connectivity index (χ1v) is 8.73. The molecule has 0 saturated heterocycles. The molecule has 0 saturated carbocycles. The fourth-order valence-electron chi connectivity index (χ4n) is 2.35. The lowest BCUT2D eigenvalue weighted by molar-refractivity contribution is -0.0498. The summed E-state index contributed by atoms with van der Waals surface area (Å²) >= 11 is 0. The number of halogens is 2. The summed E-state index contributed by atoms with van der Waals surface area (Å²) in [5, 5.41) is 16.6. The number of aliphatic hydroxyl groups excluding tert-OH is 1. The molecule has 0 aliphatic carbocycles. The van der Waals surface area contributed by atoms with Crippen LogP contribution in [-0.4, -0.2) is 42.3 Å². The second kappa shape index (κ2) is 11.1. The van der Waals surface area contributed by atoms with Crippen LogP contribution in [0.25, 0.3) is 0 Å². The van der Waals surface area contributed by atoms with Gasteiger partial charge in [0.15, 0.2) is 5.96 Å². The van der Waals surface area contributed by atoms with Crippen molar-refractivity contribution >= 4 is 5.96 Å². The second-order valence-corrected chi connectivity index (χ2v) is 5.68. The van der Waals surface area contributed by atoms with Crippen LogP contribution in [0.15, 0.2) is 53.7 Å². The highest BCUT2D eigenvalue weighted by molar-refractivity contribution is 5.79. The van der Waals surface area contributed by atoms with Crippen molar-refractivity contribution in [2.45, 2.75) is 26.1 Å². The van der Waals surface area contributed by atoms with Crippen molar-refractivity contribution in [1.82, 2.24) is 15.6 Å². The molecule has 0 aliphatic rings. The second-order valence-electron chi connectivity index (χ2n) is 5.68. The van der Waals surface area contributed by atoms with Crippen LogP contribution in [-0.2, 0) is 6.42 Å². The first-order chi connectivity index (χ1) is 13.1. The van der Waals surface area contributed by atoms with Crippen LogP contribution < -0.4 is 15.4 Å². The molecule has 27 heavy (non-hydrogen) atoms. The monoisotopic (exact) mass is 378 g/mol. The smallest absolute Gasteiger partial charge is 0.387 e. The normalized spacial score (nSPS) is 12.7. The first-order valence-electron chi connectivity index (χ1n) is 8.73. The number of ether oxygens (including phenoxy) is 1. The first kappa shape index (κ1) is 20.6. The minimum Gasteiger partial charge on any atom is -0.435 e. The number of aromatic nitrogens is 1. The Morgan fingerprint density at radius 1 is 1.19 bits per heavy atom. The summed E-state index contributed by atoms with van der Waals surface area (Å²) in [6.07, 6.45) is 1.65. The van der Waals surface area contributed by atoms with Crippen LogP contribution in [0.1, 0.15) is 24.3 Å². The Labute approximate surface area is 157 Å². The molecular weight excluding hydrogens is 354 g/mol. The van der Waals surface area contributed by atoms with E-state index in [9.17, 15) is 13.9 Å². The van der Waals surface area contributed by atoms with E-state index in [1.54, 1.807) is 18.3 Å². The number of nitrogens with zero attached hydrogens (tertiary/aromatic N) is 2. The third-order valence-corrected chi connectivity index (χ3v) is 3.66. The van der Waals surface area contributed by atoms with Crippen molar-refractivity contribution in [3.63, 3.8) is 0 Å². The molecule has 0 spiro atoms. The van der Waals surface area contributed by atoms with E-state index in [1.807, 2.05) is 25.1 Å². The van der Waals surface area contributed by atoms with E-state index in [1.165, 1.54) is 12.1 Å². The maximum atomic E-state index is 12.2. The predicted octanol–water partition coefficient (Wildman–Crippen LogP) is 2.51. The zero-order chi connectivity index (χ0) is 19.5. The molecule has 1 atom stereocenters. The van der Waals surface area contributed by atoms with Gasteiger partial charge in [0.2, 0.25) is 0 Å². The molecule has 0 amide bonds. The molecular formula is C19H24F2N4O2. The van der Waals surface area contributed by atoms with E-state index in [4.69, 9.17) is 0 Å². The average Bonchev–Trinajstić information content (AvgIpc) is 2.67. The molecule has 1 aromatic carbocycles. The lowest BCUT2D eigenvalue weighted by atomic mass is 10.1. The summed E-state index contributed by atoms with van der Waals surface area (Å²) in [6, 6.07) is 11.6. The van der Waals surface area contributed by atoms with Gasteiger partial charge in [-0.1, -0.05) is 18.2 Å². The summed E-state index contributed by atoms with van der Waals surface area (Å²) in [6.45, 7) is 0.552. The number of rotatable bonds is 9. The van der Waals surface area contributed by atoms with Crippen LogP contribution in [0.2, 0.25) is 0 Å². The van der Waals surface area contributed by atoms with E-state index < -0.39 is 12.7 Å². The van der Waals surface area contributed by atoms with Gasteiger partial charge in [-0.05, 0) is 36.8 Å². The van der Waals surface area contributed by atoms with Crippen molar-refractivity contribution in [2.24, 2.45) is 4.99 Å². The molecule has 1 aromatic heterocycles. The number of alkyl halides is 2. The highest BCUT2D eigenvalue weighted by atomic mass is 19.3. The van der Waals surface area contributed by atoms with E-state index in [-0.39, 0.29) is 12.3 Å². The van der Waals surface area contributed by atoms with E-state index >= 15 is 0 Å². The van der Waals surface area contributed by atoms with E-state index in [0.29, 0.717) is 24.6 Å². The number of aliphatic imine (C=N–C) groups is 1. The van der Waals surface area contributed by atoms with Gasteiger partial charge >= 0.3 is 6.61 Å². The maximum Gasteiger partial charge on any atom is 0.387 e. The summed E-state index contributed by atoms with van der Waals surface area (Å²) < 4.78 is 28.6. The van der Waals surface area contributed by atoms with Crippen molar-refractivity contribution in [3.05, 3.63) is 59.9 Å². The Bertz CT molecular complexity index is 697. The Morgan fingerprint density at radius 3 is 2.59 bits per heavy atom. The van der Waals surface area contributed by atoms with Crippen LogP contribution in [0.5, 0.6) is 5.75 Å². The van der Waals surface area contributed by atoms with Crippen LogP contribution >= 0.6 is 0 Å². The van der Waals surface area contributed by atoms with Gasteiger partial charge in [0.05, 0.1) is 12.6 Å². The third-order valence-electron chi connectivity index (χ3n) is 3.66. The molecule has 2 rings (SSSR count). The van der Waals surface area contributed by atoms with Gasteiger partial charge < -0.3 is 20.5 Å². The topological polar surface area (TPSA) is 78.8 Å². The summed E-state index contributed by atoms with van der Waals surface area (Å²) in [5.41, 5.74) is 1.55. The van der Waals surface area contributed by atoms with Gasteiger partial charge in [0.25, 0.3) is 0 Å². The molecule has 0 aliphatic heterocycles. The number of hydrogen-bond donors (Lipinski definition) is 3. The molecule has 8 heteroatoms. The molecule has 0 radical (unpaired) electrons. The largest absolute Gasteiger partial charge is 0.435 e. The molecule has 2 aromatic rings. The predicted molar refractivity (Wildman–Crippen MR) is 100.0 cm³/mol. The quantitative estimate of drug-likeness (QED) is 0.462. The number of aliphatic hydroxyl groups is 1. The lowest BCUT2D eigenvalue weighted by Gasteiger charge is -2.13. The van der Waals surface area contributed by atoms with E-state index in [0.717, 1.165) is 12.1 Å². The number of nitrogens with one attached hydrogen (secondary N) is 2. The van der Waals surface area contributed by atoms with Gasteiger partial charge in [-0.25, -0.2) is 0 Å². The Balaban J connectivity index is 1.86. The molecule has 0 bridgehead atoms. The molecule has 0 fully saturated rings. The molecule has 1 heterocycles. The number of hydrogen-bond acceptors (Lipinski definition) is 4. The fraction of sp³-hybridized carbons (Fsp3) is 0.368. The molecule has 1 unspecified atom stereocenters. The highest BCUT2D eigenvalue weighted by Crippen LogP contribution is 2.19. The summed E-state index contributed by atoms with van der Waals surface area (Å²) in [5.74, 6) is 0.638. The maximum absolute atomic E-state index is 12.2. The molecule has 146 valence electrons. The molecule has 6 nitrogen and oxygen atoms in total. The van der Waals surface area contributed by atoms with Crippen molar-refractivity contribution in [2.75, 3.05) is 19.6 Å². The zero-order valence-corrected chi connectivity index (χ0v) is 15.1. The van der Waals surface area contributed by atoms with E-state index in [2.05, 4.69) is 25.3 Å². The fourth-order valence-corrected chi connectivity index (χ4v) is 2.35. The van der Waals surface area contributed by atoms with Gasteiger partial charge in [-0.15, -0.1) is 0 Å². The number of benzene rings is 1. The van der Waals surface area contributed by atoms with Crippen LogP contribution in [0, 0.1) is 0 Å². The standard InChI is InChI=1S/C19H24F2N4O2/c1-2-22-19(24-12-10-15-5-3-4-11-23-15)25-13-17(26)14-6-8-16(9-7-14)27-18(20)21/h3-9,11,17-18,26H,2,10,12-13H2,1H3,(H2,22,24,25). The zero-order valence-electron chi connectivity index (χ0n) is 15.1. The SMILES string of the molecule is CCNC(=NCC(O)c1ccc(OC(F)F)cc1)NCCc1ccccn1. The Morgan fingerprint density at radius 2 is 1.96 bits per heavy atom. The van der Waals surface area contributed by atoms with Gasteiger partial charge in [-0.2, -0.15) is 8.78 Å². The van der Waals surface area contributed by atoms with Gasteiger partial charge in [-0.3, -0.25) is 9.98 Å². The lowest BCUT2D eigenvalue weighted by Crippen LogP contribution is -2.38. The van der Waals surface area contributed by atoms with Gasteiger partial charge in [0, 0.05) is 31.4 Å². The number of guanidine groups is 1. The Kier molecular flexibility index (Phi) is 8.44. The third kappa shape index (κ3) is 7.57. The minimum atomic E-state index is -2.87. The van der Waals surface area contributed by atoms with Crippen LogP contribution in [0.4, 0.5) is 8.78 Å². The van der Waals surface area contributed by atoms with Gasteiger partial charge in [0.1, 0.15) is 5.75 Å². The van der Waals surface area contributed by atoms with Crippen molar-refractivity contribution in [3.8, 4) is 5.75 Å². The average molecular weight is 378 g/mol.